The smallest absolute Gasteiger partial charge is 0.308 e. The summed E-state index contributed by atoms with van der Waals surface area (Å²) < 4.78 is 4.92. The molecule has 0 aromatic heterocycles. The van der Waals surface area contributed by atoms with E-state index in [0.717, 1.165) is 12.8 Å². The molecule has 0 amide bonds. The van der Waals surface area contributed by atoms with Crippen molar-refractivity contribution in [3.05, 3.63) is 0 Å². The molecule has 2 fully saturated rings. The predicted octanol–water partition coefficient (Wildman–Crippen LogP) is 0.927. The number of carbonyl (C=O) groups is 1. The van der Waals surface area contributed by atoms with Gasteiger partial charge in [0.1, 0.15) is 0 Å². The number of aliphatic hydroxyl groups is 1. The first kappa shape index (κ1) is 11.9. The topological polar surface area (TPSA) is 49.8 Å². The summed E-state index contributed by atoms with van der Waals surface area (Å²) in [6, 6.07) is 0.886. The van der Waals surface area contributed by atoms with Crippen LogP contribution in [0.3, 0.4) is 0 Å². The van der Waals surface area contributed by atoms with Crippen molar-refractivity contribution in [2.75, 3.05) is 13.7 Å². The molecule has 2 atom stereocenters. The summed E-state index contributed by atoms with van der Waals surface area (Å²) in [7, 11) is 2.12. The molecule has 2 unspecified atom stereocenters. The second-order valence-electron chi connectivity index (χ2n) is 5.16. The Balaban J connectivity index is 1.97. The molecule has 4 heteroatoms. The van der Waals surface area contributed by atoms with E-state index >= 15 is 0 Å². The maximum Gasteiger partial charge on any atom is 0.308 e. The number of hydrogen-bond acceptors (Lipinski definition) is 4. The zero-order valence-corrected chi connectivity index (χ0v) is 10.1. The van der Waals surface area contributed by atoms with E-state index in [1.165, 1.54) is 0 Å². The normalized spacial score (nSPS) is 38.7. The zero-order valence-electron chi connectivity index (χ0n) is 10.1. The van der Waals surface area contributed by atoms with Crippen molar-refractivity contribution in [3.63, 3.8) is 0 Å². The molecule has 2 aliphatic rings. The summed E-state index contributed by atoms with van der Waals surface area (Å²) in [5.74, 6) is -0.269. The maximum absolute atomic E-state index is 11.4. The Morgan fingerprint density at radius 2 is 2.00 bits per heavy atom. The molecule has 1 N–H and O–H groups in total. The molecule has 0 aromatic rings. The van der Waals surface area contributed by atoms with Crippen LogP contribution >= 0.6 is 0 Å². The zero-order chi connectivity index (χ0) is 11.8. The fourth-order valence-electron chi connectivity index (χ4n) is 3.17. The first-order valence-electron chi connectivity index (χ1n) is 6.14. The van der Waals surface area contributed by atoms with E-state index in [4.69, 9.17) is 4.74 Å². The molecule has 4 nitrogen and oxygen atoms in total. The Morgan fingerprint density at radius 1 is 1.44 bits per heavy atom. The van der Waals surface area contributed by atoms with Crippen molar-refractivity contribution in [2.45, 2.75) is 56.7 Å². The molecule has 0 spiro atoms. The molecule has 16 heavy (non-hydrogen) atoms. The minimum atomic E-state index is -0.829. The van der Waals surface area contributed by atoms with Gasteiger partial charge < -0.3 is 14.7 Å². The number of hydrogen-bond donors (Lipinski definition) is 1. The van der Waals surface area contributed by atoms with E-state index in [-0.39, 0.29) is 12.4 Å². The Kier molecular flexibility index (Phi) is 3.22. The van der Waals surface area contributed by atoms with Gasteiger partial charge in [-0.05, 0) is 39.7 Å². The number of rotatable bonds is 3. The Bertz CT molecular complexity index is 265. The van der Waals surface area contributed by atoms with E-state index in [0.29, 0.717) is 31.5 Å². The molecular formula is C12H21NO3. The van der Waals surface area contributed by atoms with E-state index in [1.807, 2.05) is 0 Å². The molecule has 0 aliphatic carbocycles. The lowest BCUT2D eigenvalue weighted by molar-refractivity contribution is -0.151. The number of piperidine rings is 1. The molecule has 92 valence electrons. The highest BCUT2D eigenvalue weighted by Crippen LogP contribution is 2.41. The van der Waals surface area contributed by atoms with Crippen LogP contribution in [0.15, 0.2) is 0 Å². The largest absolute Gasteiger partial charge is 0.466 e. The average molecular weight is 227 g/mol. The van der Waals surface area contributed by atoms with Crippen molar-refractivity contribution >= 4 is 5.97 Å². The number of fused-ring (bicyclic) bond motifs is 2. The van der Waals surface area contributed by atoms with Crippen LogP contribution in [0.2, 0.25) is 0 Å². The summed E-state index contributed by atoms with van der Waals surface area (Å²) in [4.78, 5) is 13.8. The molecule has 2 bridgehead atoms. The monoisotopic (exact) mass is 227 g/mol. The molecule has 0 radical (unpaired) electrons. The quantitative estimate of drug-likeness (QED) is 0.729. The Labute approximate surface area is 96.6 Å². The molecular weight excluding hydrogens is 206 g/mol. The summed E-state index contributed by atoms with van der Waals surface area (Å²) >= 11 is 0. The van der Waals surface area contributed by atoms with Gasteiger partial charge in [0.15, 0.2) is 0 Å². The summed E-state index contributed by atoms with van der Waals surface area (Å²) in [5.41, 5.74) is -0.829. The fourth-order valence-corrected chi connectivity index (χ4v) is 3.17. The summed E-state index contributed by atoms with van der Waals surface area (Å²) in [6.07, 6.45) is 3.86. The molecule has 2 rings (SSSR count). The molecule has 2 saturated heterocycles. The Hall–Kier alpha value is -0.610. The van der Waals surface area contributed by atoms with Gasteiger partial charge >= 0.3 is 5.97 Å². The maximum atomic E-state index is 11.4. The van der Waals surface area contributed by atoms with E-state index in [9.17, 15) is 9.90 Å². The Morgan fingerprint density at radius 3 is 2.50 bits per heavy atom. The standard InChI is InChI=1S/C12H21NO3/c1-3-16-11(14)8-12(15)6-9-4-5-10(7-12)13(9)2/h9-10,15H,3-8H2,1-2H3. The van der Waals surface area contributed by atoms with Crippen molar-refractivity contribution in [2.24, 2.45) is 0 Å². The first-order chi connectivity index (χ1) is 7.54. The SMILES string of the molecule is CCOC(=O)CC1(O)CC2CCC(C1)N2C. The highest BCUT2D eigenvalue weighted by molar-refractivity contribution is 5.70. The van der Waals surface area contributed by atoms with Gasteiger partial charge in [-0.2, -0.15) is 0 Å². The van der Waals surface area contributed by atoms with Crippen LogP contribution < -0.4 is 0 Å². The molecule has 0 aromatic carbocycles. The van der Waals surface area contributed by atoms with Crippen LogP contribution in [0.25, 0.3) is 0 Å². The predicted molar refractivity (Wildman–Crippen MR) is 60.0 cm³/mol. The molecule has 2 aliphatic heterocycles. The second kappa shape index (κ2) is 4.34. The minimum absolute atomic E-state index is 0.154. The minimum Gasteiger partial charge on any atom is -0.466 e. The van der Waals surface area contributed by atoms with Gasteiger partial charge in [0, 0.05) is 12.1 Å². The van der Waals surface area contributed by atoms with E-state index < -0.39 is 5.60 Å². The molecule has 0 saturated carbocycles. The summed E-state index contributed by atoms with van der Waals surface area (Å²) in [6.45, 7) is 2.18. The van der Waals surface area contributed by atoms with Gasteiger partial charge in [-0.1, -0.05) is 0 Å². The number of ether oxygens (including phenoxy) is 1. The fraction of sp³-hybridized carbons (Fsp3) is 0.917. The number of esters is 1. The van der Waals surface area contributed by atoms with Crippen molar-refractivity contribution in [1.29, 1.82) is 0 Å². The van der Waals surface area contributed by atoms with Crippen molar-refractivity contribution < 1.29 is 14.6 Å². The van der Waals surface area contributed by atoms with Gasteiger partial charge in [0.2, 0.25) is 0 Å². The van der Waals surface area contributed by atoms with Crippen LogP contribution in [0.4, 0.5) is 0 Å². The van der Waals surface area contributed by atoms with Gasteiger partial charge in [-0.15, -0.1) is 0 Å². The van der Waals surface area contributed by atoms with Gasteiger partial charge in [0.25, 0.3) is 0 Å². The van der Waals surface area contributed by atoms with E-state index in [2.05, 4.69) is 11.9 Å². The lowest BCUT2D eigenvalue weighted by Crippen LogP contribution is -2.50. The van der Waals surface area contributed by atoms with Gasteiger partial charge in [0.05, 0.1) is 18.6 Å². The van der Waals surface area contributed by atoms with Gasteiger partial charge in [-0.25, -0.2) is 0 Å². The first-order valence-corrected chi connectivity index (χ1v) is 6.14. The highest BCUT2D eigenvalue weighted by atomic mass is 16.5. The highest BCUT2D eigenvalue weighted by Gasteiger charge is 2.46. The third kappa shape index (κ3) is 2.23. The number of nitrogens with zero attached hydrogens (tertiary/aromatic N) is 1. The lowest BCUT2D eigenvalue weighted by Gasteiger charge is -2.41. The molecule has 2 heterocycles. The van der Waals surface area contributed by atoms with Crippen LogP contribution in [0.5, 0.6) is 0 Å². The average Bonchev–Trinajstić information content (AvgIpc) is 2.45. The third-order valence-corrected chi connectivity index (χ3v) is 3.99. The van der Waals surface area contributed by atoms with Crippen LogP contribution in [0.1, 0.15) is 39.0 Å². The van der Waals surface area contributed by atoms with E-state index in [1.54, 1.807) is 6.92 Å². The third-order valence-electron chi connectivity index (χ3n) is 3.99. The van der Waals surface area contributed by atoms with Crippen molar-refractivity contribution in [1.82, 2.24) is 4.90 Å². The summed E-state index contributed by atoms with van der Waals surface area (Å²) in [5, 5.41) is 10.4. The second-order valence-corrected chi connectivity index (χ2v) is 5.16. The van der Waals surface area contributed by atoms with Crippen LogP contribution in [0, 0.1) is 0 Å². The van der Waals surface area contributed by atoms with Crippen molar-refractivity contribution in [3.8, 4) is 0 Å². The van der Waals surface area contributed by atoms with Crippen LogP contribution in [-0.4, -0.2) is 47.3 Å². The number of carbonyl (C=O) groups excluding carboxylic acids is 1. The van der Waals surface area contributed by atoms with Gasteiger partial charge in [-0.3, -0.25) is 4.79 Å². The van der Waals surface area contributed by atoms with Crippen LogP contribution in [-0.2, 0) is 9.53 Å². The lowest BCUT2D eigenvalue weighted by atomic mass is 9.84.